The van der Waals surface area contributed by atoms with Crippen molar-refractivity contribution in [1.29, 1.82) is 0 Å². The van der Waals surface area contributed by atoms with E-state index in [9.17, 15) is 4.79 Å². The lowest BCUT2D eigenvalue weighted by Crippen LogP contribution is -2.59. The Morgan fingerprint density at radius 3 is 3.00 bits per heavy atom. The van der Waals surface area contributed by atoms with Crippen molar-refractivity contribution in [1.82, 2.24) is 15.1 Å². The molecule has 0 bridgehead atoms. The highest BCUT2D eigenvalue weighted by atomic mass is 16.5. The highest BCUT2D eigenvalue weighted by Gasteiger charge is 2.36. The van der Waals surface area contributed by atoms with Gasteiger partial charge in [0.2, 0.25) is 5.91 Å². The second-order valence-electron chi connectivity index (χ2n) is 5.92. The van der Waals surface area contributed by atoms with Crippen LogP contribution in [0.2, 0.25) is 0 Å². The molecule has 5 nitrogen and oxygen atoms in total. The number of hydrogen-bond acceptors (Lipinski definition) is 4. The SMILES string of the molecule is CN(C)C(=O)C1CNCCN1C1COCc2ccccc21. The normalized spacial score (nSPS) is 26.2. The van der Waals surface area contributed by atoms with Crippen molar-refractivity contribution in [2.45, 2.75) is 18.7 Å². The van der Waals surface area contributed by atoms with E-state index in [-0.39, 0.29) is 18.0 Å². The summed E-state index contributed by atoms with van der Waals surface area (Å²) in [5.74, 6) is 0.158. The molecule has 0 spiro atoms. The number of carbonyl (C=O) groups excluding carboxylic acids is 1. The monoisotopic (exact) mass is 289 g/mol. The number of amides is 1. The maximum atomic E-state index is 12.5. The molecule has 1 aromatic carbocycles. The maximum absolute atomic E-state index is 12.5. The van der Waals surface area contributed by atoms with Crippen molar-refractivity contribution in [2.75, 3.05) is 40.3 Å². The van der Waals surface area contributed by atoms with Gasteiger partial charge in [-0.05, 0) is 11.1 Å². The maximum Gasteiger partial charge on any atom is 0.240 e. The topological polar surface area (TPSA) is 44.8 Å². The first kappa shape index (κ1) is 14.5. The molecule has 1 saturated heterocycles. The van der Waals surface area contributed by atoms with E-state index in [1.54, 1.807) is 4.90 Å². The number of fused-ring (bicyclic) bond motifs is 1. The zero-order chi connectivity index (χ0) is 14.8. The van der Waals surface area contributed by atoms with E-state index in [0.717, 1.165) is 13.1 Å². The van der Waals surface area contributed by atoms with Crippen molar-refractivity contribution in [3.63, 3.8) is 0 Å². The van der Waals surface area contributed by atoms with Crippen LogP contribution >= 0.6 is 0 Å². The summed E-state index contributed by atoms with van der Waals surface area (Å²) < 4.78 is 5.76. The van der Waals surface area contributed by atoms with Gasteiger partial charge in [-0.25, -0.2) is 0 Å². The molecule has 2 unspecified atom stereocenters. The molecule has 3 rings (SSSR count). The van der Waals surface area contributed by atoms with Crippen LogP contribution in [0, 0.1) is 0 Å². The molecule has 2 heterocycles. The molecule has 0 aliphatic carbocycles. The third kappa shape index (κ3) is 2.81. The zero-order valence-corrected chi connectivity index (χ0v) is 12.7. The van der Waals surface area contributed by atoms with Crippen LogP contribution in [0.5, 0.6) is 0 Å². The molecular formula is C16H23N3O2. The highest BCUT2D eigenvalue weighted by molar-refractivity contribution is 5.81. The average molecular weight is 289 g/mol. The van der Waals surface area contributed by atoms with Gasteiger partial charge in [-0.3, -0.25) is 9.69 Å². The predicted molar refractivity (Wildman–Crippen MR) is 80.9 cm³/mol. The van der Waals surface area contributed by atoms with E-state index in [4.69, 9.17) is 4.74 Å². The summed E-state index contributed by atoms with van der Waals surface area (Å²) in [6.07, 6.45) is 0. The van der Waals surface area contributed by atoms with Gasteiger partial charge in [-0.15, -0.1) is 0 Å². The number of carbonyl (C=O) groups is 1. The van der Waals surface area contributed by atoms with Crippen LogP contribution in [0.3, 0.4) is 0 Å². The van der Waals surface area contributed by atoms with E-state index in [0.29, 0.717) is 19.8 Å². The minimum atomic E-state index is -0.117. The molecule has 2 aliphatic heterocycles. The Kier molecular flexibility index (Phi) is 4.24. The summed E-state index contributed by atoms with van der Waals surface area (Å²) in [5, 5.41) is 3.33. The van der Waals surface area contributed by atoms with E-state index >= 15 is 0 Å². The van der Waals surface area contributed by atoms with Crippen molar-refractivity contribution >= 4 is 5.91 Å². The molecule has 0 radical (unpaired) electrons. The number of benzene rings is 1. The molecule has 1 amide bonds. The number of nitrogens with zero attached hydrogens (tertiary/aromatic N) is 2. The quantitative estimate of drug-likeness (QED) is 0.867. The molecule has 5 heteroatoms. The minimum absolute atomic E-state index is 0.117. The minimum Gasteiger partial charge on any atom is -0.375 e. The fourth-order valence-electron chi connectivity index (χ4n) is 3.26. The number of rotatable bonds is 2. The Balaban J connectivity index is 1.89. The zero-order valence-electron chi connectivity index (χ0n) is 12.7. The largest absolute Gasteiger partial charge is 0.375 e. The Morgan fingerprint density at radius 1 is 1.38 bits per heavy atom. The lowest BCUT2D eigenvalue weighted by Gasteiger charge is -2.43. The van der Waals surface area contributed by atoms with Crippen molar-refractivity contribution < 1.29 is 9.53 Å². The Bertz CT molecular complexity index is 518. The molecule has 1 fully saturated rings. The number of hydrogen-bond donors (Lipinski definition) is 1. The molecule has 2 aliphatic rings. The van der Waals surface area contributed by atoms with Gasteiger partial charge in [0.1, 0.15) is 6.04 Å². The second-order valence-corrected chi connectivity index (χ2v) is 5.92. The van der Waals surface area contributed by atoms with Crippen LogP contribution in [0.25, 0.3) is 0 Å². The molecule has 21 heavy (non-hydrogen) atoms. The molecular weight excluding hydrogens is 266 g/mol. The smallest absolute Gasteiger partial charge is 0.240 e. The first-order valence-electron chi connectivity index (χ1n) is 7.51. The van der Waals surface area contributed by atoms with Gasteiger partial charge < -0.3 is 15.0 Å². The predicted octanol–water partition coefficient (Wildman–Crippen LogP) is 0.620. The number of likely N-dealkylation sites (N-methyl/N-ethyl adjacent to an activating group) is 1. The standard InChI is InChI=1S/C16H23N3O2/c1-18(2)16(20)14-9-17-7-8-19(14)15-11-21-10-12-5-3-4-6-13(12)15/h3-6,14-15,17H,7-11H2,1-2H3. The van der Waals surface area contributed by atoms with Gasteiger partial charge in [-0.2, -0.15) is 0 Å². The van der Waals surface area contributed by atoms with Crippen molar-refractivity contribution in [3.05, 3.63) is 35.4 Å². The summed E-state index contributed by atoms with van der Waals surface area (Å²) in [5.41, 5.74) is 2.55. The molecule has 2 atom stereocenters. The van der Waals surface area contributed by atoms with Crippen LogP contribution < -0.4 is 5.32 Å². The lowest BCUT2D eigenvalue weighted by atomic mass is 9.95. The Morgan fingerprint density at radius 2 is 2.19 bits per heavy atom. The number of nitrogens with one attached hydrogen (secondary N) is 1. The Labute approximate surface area is 125 Å². The molecule has 114 valence electrons. The molecule has 1 N–H and O–H groups in total. The van der Waals surface area contributed by atoms with E-state index < -0.39 is 0 Å². The fraction of sp³-hybridized carbons (Fsp3) is 0.562. The van der Waals surface area contributed by atoms with Crippen LogP contribution in [-0.2, 0) is 16.1 Å². The summed E-state index contributed by atoms with van der Waals surface area (Å²) in [4.78, 5) is 16.4. The van der Waals surface area contributed by atoms with Crippen molar-refractivity contribution in [2.24, 2.45) is 0 Å². The first-order chi connectivity index (χ1) is 10.2. The van der Waals surface area contributed by atoms with E-state index in [1.807, 2.05) is 20.2 Å². The van der Waals surface area contributed by atoms with Gasteiger partial charge >= 0.3 is 0 Å². The number of ether oxygens (including phenoxy) is 1. The average Bonchev–Trinajstić information content (AvgIpc) is 2.53. The Hall–Kier alpha value is -1.43. The van der Waals surface area contributed by atoms with Gasteiger partial charge in [0.05, 0.1) is 19.3 Å². The van der Waals surface area contributed by atoms with Gasteiger partial charge in [0.15, 0.2) is 0 Å². The van der Waals surface area contributed by atoms with Crippen molar-refractivity contribution in [3.8, 4) is 0 Å². The molecule has 0 saturated carbocycles. The highest BCUT2D eigenvalue weighted by Crippen LogP contribution is 2.31. The van der Waals surface area contributed by atoms with Crippen LogP contribution in [0.1, 0.15) is 17.2 Å². The fourth-order valence-corrected chi connectivity index (χ4v) is 3.26. The van der Waals surface area contributed by atoms with E-state index in [2.05, 4.69) is 28.4 Å². The lowest BCUT2D eigenvalue weighted by molar-refractivity contribution is -0.137. The van der Waals surface area contributed by atoms with Gasteiger partial charge in [-0.1, -0.05) is 24.3 Å². The second kappa shape index (κ2) is 6.13. The van der Waals surface area contributed by atoms with Crippen LogP contribution in [-0.4, -0.2) is 62.1 Å². The van der Waals surface area contributed by atoms with Gasteiger partial charge in [0, 0.05) is 33.7 Å². The molecule has 1 aromatic rings. The number of piperazine rings is 1. The third-order valence-corrected chi connectivity index (χ3v) is 4.36. The summed E-state index contributed by atoms with van der Waals surface area (Å²) in [7, 11) is 3.64. The summed E-state index contributed by atoms with van der Waals surface area (Å²) in [6.45, 7) is 3.82. The van der Waals surface area contributed by atoms with Crippen LogP contribution in [0.15, 0.2) is 24.3 Å². The third-order valence-electron chi connectivity index (χ3n) is 4.36. The summed E-state index contributed by atoms with van der Waals surface area (Å²) in [6, 6.07) is 8.46. The van der Waals surface area contributed by atoms with E-state index in [1.165, 1.54) is 11.1 Å². The first-order valence-corrected chi connectivity index (χ1v) is 7.51. The van der Waals surface area contributed by atoms with Gasteiger partial charge in [0.25, 0.3) is 0 Å². The molecule has 0 aromatic heterocycles. The summed E-state index contributed by atoms with van der Waals surface area (Å²) >= 11 is 0. The van der Waals surface area contributed by atoms with Crippen LogP contribution in [0.4, 0.5) is 0 Å².